The van der Waals surface area contributed by atoms with Gasteiger partial charge in [-0.2, -0.15) is 4.31 Å². The van der Waals surface area contributed by atoms with Gasteiger partial charge in [0, 0.05) is 36.6 Å². The van der Waals surface area contributed by atoms with E-state index in [1.807, 2.05) is 4.90 Å². The van der Waals surface area contributed by atoms with Crippen LogP contribution in [0.15, 0.2) is 33.6 Å². The van der Waals surface area contributed by atoms with Crippen LogP contribution in [0.5, 0.6) is 0 Å². The van der Waals surface area contributed by atoms with Crippen molar-refractivity contribution in [3.05, 3.63) is 28.7 Å². The monoisotopic (exact) mass is 386 g/mol. The maximum Gasteiger partial charge on any atom is 0.243 e. The second-order valence-corrected chi connectivity index (χ2v) is 8.67. The zero-order valence-electron chi connectivity index (χ0n) is 12.2. The Labute approximate surface area is 139 Å². The largest absolute Gasteiger partial charge is 0.340 e. The first-order chi connectivity index (χ1) is 10.5. The van der Waals surface area contributed by atoms with Crippen LogP contribution in [-0.4, -0.2) is 49.7 Å². The fraction of sp³-hybridized carbons (Fsp3) is 0.533. The lowest BCUT2D eigenvalue weighted by Crippen LogP contribution is -2.52. The molecule has 1 saturated carbocycles. The first-order valence-electron chi connectivity index (χ1n) is 7.53. The van der Waals surface area contributed by atoms with Crippen LogP contribution in [0.4, 0.5) is 0 Å². The standard InChI is InChI=1S/C15H19BrN2O3S/c16-13-5-2-6-14(11-13)22(20,21)18-9-7-17(8-10-18)15(19)12-3-1-4-12/h2,5-6,11-12H,1,3-4,7-10H2. The average molecular weight is 387 g/mol. The molecule has 2 fully saturated rings. The Balaban J connectivity index is 1.66. The lowest BCUT2D eigenvalue weighted by molar-refractivity contribution is -0.139. The minimum absolute atomic E-state index is 0.174. The van der Waals surface area contributed by atoms with Crippen LogP contribution in [0.1, 0.15) is 19.3 Å². The molecule has 7 heteroatoms. The van der Waals surface area contributed by atoms with Gasteiger partial charge in [0.15, 0.2) is 0 Å². The molecule has 0 spiro atoms. The fourth-order valence-electron chi connectivity index (χ4n) is 2.84. The first-order valence-corrected chi connectivity index (χ1v) is 9.76. The highest BCUT2D eigenvalue weighted by Gasteiger charge is 2.34. The van der Waals surface area contributed by atoms with Crippen molar-refractivity contribution in [3.8, 4) is 0 Å². The van der Waals surface area contributed by atoms with Gasteiger partial charge in [0.25, 0.3) is 0 Å². The van der Waals surface area contributed by atoms with E-state index in [9.17, 15) is 13.2 Å². The number of amides is 1. The van der Waals surface area contributed by atoms with Crippen LogP contribution in [0.2, 0.25) is 0 Å². The van der Waals surface area contributed by atoms with E-state index in [0.717, 1.165) is 23.7 Å². The third kappa shape index (κ3) is 3.07. The summed E-state index contributed by atoms with van der Waals surface area (Å²) in [6.07, 6.45) is 3.10. The van der Waals surface area contributed by atoms with Crippen LogP contribution >= 0.6 is 15.9 Å². The Morgan fingerprint density at radius 3 is 2.36 bits per heavy atom. The summed E-state index contributed by atoms with van der Waals surface area (Å²) >= 11 is 3.30. The molecule has 120 valence electrons. The van der Waals surface area contributed by atoms with Gasteiger partial charge in [-0.05, 0) is 31.0 Å². The molecule has 2 aliphatic rings. The van der Waals surface area contributed by atoms with Gasteiger partial charge in [0.05, 0.1) is 4.90 Å². The molecule has 1 saturated heterocycles. The number of carbonyl (C=O) groups is 1. The van der Waals surface area contributed by atoms with Gasteiger partial charge in [-0.15, -0.1) is 0 Å². The predicted octanol–water partition coefficient (Wildman–Crippen LogP) is 2.08. The number of halogens is 1. The van der Waals surface area contributed by atoms with Crippen molar-refractivity contribution in [1.29, 1.82) is 0 Å². The SMILES string of the molecule is O=C(C1CCC1)N1CCN(S(=O)(=O)c2cccc(Br)c2)CC1. The molecule has 0 bridgehead atoms. The van der Waals surface area contributed by atoms with E-state index < -0.39 is 10.0 Å². The second-order valence-electron chi connectivity index (χ2n) is 5.81. The molecule has 1 aliphatic carbocycles. The third-order valence-electron chi connectivity index (χ3n) is 4.44. The van der Waals surface area contributed by atoms with Crippen LogP contribution in [0, 0.1) is 5.92 Å². The molecule has 5 nitrogen and oxygen atoms in total. The Hall–Kier alpha value is -0.920. The van der Waals surface area contributed by atoms with Crippen molar-refractivity contribution in [2.75, 3.05) is 26.2 Å². The molecule has 1 aromatic carbocycles. The molecule has 1 aliphatic heterocycles. The molecule has 0 radical (unpaired) electrons. The number of sulfonamides is 1. The Morgan fingerprint density at radius 2 is 1.82 bits per heavy atom. The molecule has 1 heterocycles. The molecular formula is C15H19BrN2O3S. The number of hydrogen-bond donors (Lipinski definition) is 0. The number of rotatable bonds is 3. The highest BCUT2D eigenvalue weighted by molar-refractivity contribution is 9.10. The molecule has 1 amide bonds. The van der Waals surface area contributed by atoms with Crippen LogP contribution < -0.4 is 0 Å². The predicted molar refractivity (Wildman–Crippen MR) is 86.8 cm³/mol. The maximum absolute atomic E-state index is 12.6. The van der Waals surface area contributed by atoms with Crippen molar-refractivity contribution < 1.29 is 13.2 Å². The average Bonchev–Trinajstić information content (AvgIpc) is 2.45. The van der Waals surface area contributed by atoms with Crippen molar-refractivity contribution in [3.63, 3.8) is 0 Å². The quantitative estimate of drug-likeness (QED) is 0.798. The zero-order chi connectivity index (χ0) is 15.7. The molecule has 0 N–H and O–H groups in total. The molecule has 0 aromatic heterocycles. The van der Waals surface area contributed by atoms with E-state index in [0.29, 0.717) is 31.1 Å². The lowest BCUT2D eigenvalue weighted by atomic mass is 9.84. The third-order valence-corrected chi connectivity index (χ3v) is 6.83. The summed E-state index contributed by atoms with van der Waals surface area (Å²) in [6.45, 7) is 1.71. The molecule has 3 rings (SSSR count). The van der Waals surface area contributed by atoms with Crippen molar-refractivity contribution >= 4 is 31.9 Å². The number of nitrogens with zero attached hydrogens (tertiary/aromatic N) is 2. The molecule has 0 unspecified atom stereocenters. The smallest absolute Gasteiger partial charge is 0.243 e. The number of carbonyl (C=O) groups excluding carboxylic acids is 1. The van der Waals surface area contributed by atoms with Gasteiger partial charge in [0.2, 0.25) is 15.9 Å². The van der Waals surface area contributed by atoms with Gasteiger partial charge in [-0.25, -0.2) is 8.42 Å². The van der Waals surface area contributed by atoms with E-state index in [2.05, 4.69) is 15.9 Å². The van der Waals surface area contributed by atoms with Gasteiger partial charge < -0.3 is 4.90 Å². The fourth-order valence-corrected chi connectivity index (χ4v) is 4.86. The highest BCUT2D eigenvalue weighted by Crippen LogP contribution is 2.29. The zero-order valence-corrected chi connectivity index (χ0v) is 14.6. The van der Waals surface area contributed by atoms with Gasteiger partial charge >= 0.3 is 0 Å². The van der Waals surface area contributed by atoms with Crippen molar-refractivity contribution in [1.82, 2.24) is 9.21 Å². The summed E-state index contributed by atoms with van der Waals surface area (Å²) in [5.74, 6) is 0.374. The van der Waals surface area contributed by atoms with Gasteiger partial charge in [-0.3, -0.25) is 4.79 Å². The summed E-state index contributed by atoms with van der Waals surface area (Å²) in [4.78, 5) is 14.3. The maximum atomic E-state index is 12.6. The van der Waals surface area contributed by atoms with Gasteiger partial charge in [0.1, 0.15) is 0 Å². The summed E-state index contributed by atoms with van der Waals surface area (Å²) in [6, 6.07) is 6.73. The highest BCUT2D eigenvalue weighted by atomic mass is 79.9. The van der Waals surface area contributed by atoms with Crippen LogP contribution in [-0.2, 0) is 14.8 Å². The minimum Gasteiger partial charge on any atom is -0.340 e. The number of piperazine rings is 1. The lowest BCUT2D eigenvalue weighted by Gasteiger charge is -2.37. The number of hydrogen-bond acceptors (Lipinski definition) is 3. The molecule has 22 heavy (non-hydrogen) atoms. The first kappa shape index (κ1) is 16.0. The van der Waals surface area contributed by atoms with Crippen molar-refractivity contribution in [2.24, 2.45) is 5.92 Å². The summed E-state index contributed by atoms with van der Waals surface area (Å²) < 4.78 is 27.5. The second kappa shape index (κ2) is 6.29. The van der Waals surface area contributed by atoms with Gasteiger partial charge in [-0.1, -0.05) is 28.4 Å². The Morgan fingerprint density at radius 1 is 1.14 bits per heavy atom. The molecule has 0 atom stereocenters. The summed E-state index contributed by atoms with van der Waals surface area (Å²) in [5, 5.41) is 0. The number of benzene rings is 1. The molecule has 1 aromatic rings. The Kier molecular flexibility index (Phi) is 4.56. The van der Waals surface area contributed by atoms with E-state index in [1.54, 1.807) is 24.3 Å². The van der Waals surface area contributed by atoms with E-state index in [4.69, 9.17) is 0 Å². The van der Waals surface area contributed by atoms with E-state index >= 15 is 0 Å². The Bertz CT molecular complexity index is 665. The van der Waals surface area contributed by atoms with Crippen LogP contribution in [0.25, 0.3) is 0 Å². The molecular weight excluding hydrogens is 368 g/mol. The normalized spacial score (nSPS) is 20.7. The van der Waals surface area contributed by atoms with E-state index in [1.165, 1.54) is 4.31 Å². The minimum atomic E-state index is -3.48. The summed E-state index contributed by atoms with van der Waals surface area (Å²) in [7, 11) is -3.48. The van der Waals surface area contributed by atoms with Crippen LogP contribution in [0.3, 0.4) is 0 Å². The summed E-state index contributed by atoms with van der Waals surface area (Å²) in [5.41, 5.74) is 0. The van der Waals surface area contributed by atoms with Crippen molar-refractivity contribution in [2.45, 2.75) is 24.2 Å². The topological polar surface area (TPSA) is 57.7 Å². The van der Waals surface area contributed by atoms with E-state index in [-0.39, 0.29) is 11.8 Å².